The molecule has 2 rings (SSSR count). The van der Waals surface area contributed by atoms with Crippen LogP contribution in [0, 0.1) is 0 Å². The molecule has 0 unspecified atom stereocenters. The summed E-state index contributed by atoms with van der Waals surface area (Å²) in [6.45, 7) is 4.15. The highest BCUT2D eigenvalue weighted by molar-refractivity contribution is 6.58. The third-order valence-electron chi connectivity index (χ3n) is 2.38. The number of hydrogen-bond acceptors (Lipinski definition) is 3. The van der Waals surface area contributed by atoms with E-state index in [4.69, 9.17) is 10.0 Å². The maximum atomic E-state index is 9.02. The largest absolute Gasteiger partial charge is 0.489 e. The molecule has 0 saturated carbocycles. The molecule has 15 heavy (non-hydrogen) atoms. The van der Waals surface area contributed by atoms with Crippen LogP contribution in [-0.4, -0.2) is 26.6 Å². The van der Waals surface area contributed by atoms with Gasteiger partial charge >= 0.3 is 7.12 Å². The summed E-state index contributed by atoms with van der Waals surface area (Å²) in [7, 11) is -1.43. The van der Waals surface area contributed by atoms with Gasteiger partial charge in [0.15, 0.2) is 0 Å². The predicted molar refractivity (Wildman–Crippen MR) is 59.1 cm³/mol. The van der Waals surface area contributed by atoms with Crippen molar-refractivity contribution in [3.05, 3.63) is 30.2 Å². The van der Waals surface area contributed by atoms with Crippen molar-refractivity contribution >= 4 is 18.2 Å². The van der Waals surface area contributed by atoms with Gasteiger partial charge in [-0.25, -0.2) is 4.98 Å². The van der Waals surface area contributed by atoms with Crippen molar-refractivity contribution < 1.29 is 10.0 Å². The number of hydrogen-bond donors (Lipinski definition) is 2. The molecular formula is C10H13BN2O2. The highest BCUT2D eigenvalue weighted by Crippen LogP contribution is 2.13. The van der Waals surface area contributed by atoms with E-state index in [2.05, 4.69) is 18.8 Å². The summed E-state index contributed by atoms with van der Waals surface area (Å²) in [5.41, 5.74) is 2.29. The van der Waals surface area contributed by atoms with Gasteiger partial charge in [-0.15, -0.1) is 0 Å². The second kappa shape index (κ2) is 3.68. The fourth-order valence-electron chi connectivity index (χ4n) is 1.46. The Hall–Kier alpha value is -1.33. The van der Waals surface area contributed by atoms with E-state index < -0.39 is 7.12 Å². The monoisotopic (exact) mass is 204 g/mol. The van der Waals surface area contributed by atoms with Crippen LogP contribution >= 0.6 is 0 Å². The number of fused-ring (bicyclic) bond motifs is 1. The van der Waals surface area contributed by atoms with Crippen molar-refractivity contribution in [3.8, 4) is 0 Å². The van der Waals surface area contributed by atoms with Gasteiger partial charge in [-0.2, -0.15) is 0 Å². The highest BCUT2D eigenvalue weighted by Gasteiger charge is 2.12. The van der Waals surface area contributed by atoms with Gasteiger partial charge in [-0.05, 0) is 17.4 Å². The molecule has 78 valence electrons. The third-order valence-corrected chi connectivity index (χ3v) is 2.38. The van der Waals surface area contributed by atoms with E-state index in [-0.39, 0.29) is 0 Å². The first-order valence-electron chi connectivity index (χ1n) is 4.92. The quantitative estimate of drug-likeness (QED) is 0.684. The first-order valence-corrected chi connectivity index (χ1v) is 4.92. The Labute approximate surface area is 88.3 Å². The van der Waals surface area contributed by atoms with E-state index in [1.165, 1.54) is 0 Å². The summed E-state index contributed by atoms with van der Waals surface area (Å²) >= 11 is 0. The normalized spacial score (nSPS) is 11.3. The molecule has 2 N–H and O–H groups in total. The smallest absolute Gasteiger partial charge is 0.423 e. The Morgan fingerprint density at radius 2 is 2.00 bits per heavy atom. The summed E-state index contributed by atoms with van der Waals surface area (Å²) < 4.78 is 1.81. The summed E-state index contributed by atoms with van der Waals surface area (Å²) in [5, 5.41) is 18.0. The minimum Gasteiger partial charge on any atom is -0.423 e. The molecule has 0 atom stereocenters. The molecule has 0 aliphatic rings. The average Bonchev–Trinajstić information content (AvgIpc) is 2.59. The average molecular weight is 204 g/mol. The van der Waals surface area contributed by atoms with Gasteiger partial charge in [-0.1, -0.05) is 19.9 Å². The lowest BCUT2D eigenvalue weighted by atomic mass is 9.82. The second-order valence-corrected chi connectivity index (χ2v) is 3.92. The molecule has 0 spiro atoms. The van der Waals surface area contributed by atoms with Gasteiger partial charge in [0.05, 0.1) is 5.69 Å². The third kappa shape index (κ3) is 1.89. The van der Waals surface area contributed by atoms with Crippen molar-refractivity contribution in [2.24, 2.45) is 0 Å². The van der Waals surface area contributed by atoms with Crippen molar-refractivity contribution in [1.29, 1.82) is 0 Å². The molecule has 0 aromatic carbocycles. The standard InChI is InChI=1S/C10H13BN2O2/c1-7(2)9-6-13-5-8(11(14)15)3-4-10(13)12-9/h3-7,14-15H,1-2H3. The van der Waals surface area contributed by atoms with Crippen LogP contribution in [0.2, 0.25) is 0 Å². The lowest BCUT2D eigenvalue weighted by Gasteiger charge is -1.99. The lowest BCUT2D eigenvalue weighted by molar-refractivity contribution is 0.425. The first kappa shape index (κ1) is 10.2. The van der Waals surface area contributed by atoms with E-state index in [9.17, 15) is 0 Å². The summed E-state index contributed by atoms with van der Waals surface area (Å²) in [6, 6.07) is 3.44. The number of imidazole rings is 1. The molecular weight excluding hydrogens is 191 g/mol. The zero-order valence-electron chi connectivity index (χ0n) is 8.75. The van der Waals surface area contributed by atoms with E-state index in [0.29, 0.717) is 11.4 Å². The Morgan fingerprint density at radius 1 is 1.27 bits per heavy atom. The maximum absolute atomic E-state index is 9.02. The number of pyridine rings is 1. The molecule has 0 radical (unpaired) electrons. The molecule has 2 aromatic rings. The molecule has 0 fully saturated rings. The minimum atomic E-state index is -1.43. The van der Waals surface area contributed by atoms with Crippen LogP contribution < -0.4 is 5.46 Å². The number of aromatic nitrogens is 2. The Kier molecular flexibility index (Phi) is 2.50. The molecule has 0 aliphatic carbocycles. The lowest BCUT2D eigenvalue weighted by Crippen LogP contribution is -2.30. The van der Waals surface area contributed by atoms with Crippen LogP contribution in [-0.2, 0) is 0 Å². The topological polar surface area (TPSA) is 57.8 Å². The van der Waals surface area contributed by atoms with Crippen molar-refractivity contribution in [2.75, 3.05) is 0 Å². The fraction of sp³-hybridized carbons (Fsp3) is 0.300. The zero-order chi connectivity index (χ0) is 11.0. The van der Waals surface area contributed by atoms with Gasteiger partial charge in [-0.3, -0.25) is 0 Å². The van der Waals surface area contributed by atoms with Crippen molar-refractivity contribution in [3.63, 3.8) is 0 Å². The van der Waals surface area contributed by atoms with E-state index in [0.717, 1.165) is 11.3 Å². The Morgan fingerprint density at radius 3 is 2.60 bits per heavy atom. The minimum absolute atomic E-state index is 0.368. The molecule has 0 saturated heterocycles. The zero-order valence-corrected chi connectivity index (χ0v) is 8.75. The van der Waals surface area contributed by atoms with Gasteiger partial charge < -0.3 is 14.4 Å². The molecule has 5 heteroatoms. The summed E-state index contributed by atoms with van der Waals surface area (Å²) in [5.74, 6) is 0.368. The van der Waals surface area contributed by atoms with Crippen LogP contribution in [0.1, 0.15) is 25.5 Å². The molecule has 4 nitrogen and oxygen atoms in total. The van der Waals surface area contributed by atoms with Crippen LogP contribution in [0.4, 0.5) is 0 Å². The van der Waals surface area contributed by atoms with E-state index >= 15 is 0 Å². The van der Waals surface area contributed by atoms with Gasteiger partial charge in [0.2, 0.25) is 0 Å². The molecule has 0 amide bonds. The Balaban J connectivity index is 2.52. The van der Waals surface area contributed by atoms with E-state index in [1.54, 1.807) is 18.3 Å². The molecule has 2 heterocycles. The maximum Gasteiger partial charge on any atom is 0.489 e. The first-order chi connectivity index (χ1) is 7.08. The van der Waals surface area contributed by atoms with Crippen LogP contribution in [0.3, 0.4) is 0 Å². The Bertz CT molecular complexity index is 473. The van der Waals surface area contributed by atoms with Crippen LogP contribution in [0.5, 0.6) is 0 Å². The molecule has 2 aromatic heterocycles. The molecule has 0 aliphatic heterocycles. The van der Waals surface area contributed by atoms with Gasteiger partial charge in [0.1, 0.15) is 5.65 Å². The summed E-state index contributed by atoms with van der Waals surface area (Å²) in [4.78, 5) is 4.41. The van der Waals surface area contributed by atoms with Crippen molar-refractivity contribution in [2.45, 2.75) is 19.8 Å². The van der Waals surface area contributed by atoms with Crippen LogP contribution in [0.25, 0.3) is 5.65 Å². The SMILES string of the molecule is CC(C)c1cn2cc(B(O)O)ccc2n1. The number of rotatable bonds is 2. The van der Waals surface area contributed by atoms with Crippen molar-refractivity contribution in [1.82, 2.24) is 9.38 Å². The fourth-order valence-corrected chi connectivity index (χ4v) is 1.46. The highest BCUT2D eigenvalue weighted by atomic mass is 16.4. The second-order valence-electron chi connectivity index (χ2n) is 3.92. The molecule has 0 bridgehead atoms. The predicted octanol–water partition coefficient (Wildman–Crippen LogP) is 0.138. The van der Waals surface area contributed by atoms with Crippen LogP contribution in [0.15, 0.2) is 24.5 Å². The number of nitrogens with zero attached hydrogens (tertiary/aromatic N) is 2. The van der Waals surface area contributed by atoms with Gasteiger partial charge in [0, 0.05) is 12.4 Å². The van der Waals surface area contributed by atoms with Gasteiger partial charge in [0.25, 0.3) is 0 Å². The van der Waals surface area contributed by atoms with E-state index in [1.807, 2.05) is 10.6 Å². The summed E-state index contributed by atoms with van der Waals surface area (Å²) in [6.07, 6.45) is 3.59.